The number of benzene rings is 2. The lowest BCUT2D eigenvalue weighted by atomic mass is 9.87. The first-order chi connectivity index (χ1) is 12.4. The molecule has 1 aliphatic heterocycles. The fourth-order valence-electron chi connectivity index (χ4n) is 3.38. The minimum Gasteiger partial charge on any atom is -0.224 e. The second-order valence-electron chi connectivity index (χ2n) is 7.83. The number of fused-ring (bicyclic) bond motifs is 1. The summed E-state index contributed by atoms with van der Waals surface area (Å²) in [5.41, 5.74) is 5.28. The van der Waals surface area contributed by atoms with Crippen LogP contribution in [0.4, 0.5) is 0 Å². The second kappa shape index (κ2) is 8.14. The third-order valence-corrected chi connectivity index (χ3v) is 6.56. The Morgan fingerprint density at radius 1 is 1.00 bits per heavy atom. The Bertz CT molecular complexity index is 923. The molecule has 4 rings (SSSR count). The highest BCUT2D eigenvalue weighted by atomic mass is 79.9. The first-order valence-electron chi connectivity index (χ1n) is 9.08. The average molecular weight is 509 g/mol. The quantitative estimate of drug-likeness (QED) is 0.356. The number of aromatic nitrogens is 2. The van der Waals surface area contributed by atoms with E-state index in [9.17, 15) is 0 Å². The van der Waals surface area contributed by atoms with Crippen LogP contribution in [0, 0.1) is 0 Å². The minimum atomic E-state index is 0. The standard InChI is InChI=1S/C22H24BrN2S.BrH/c1-22(2,3)17-7-11-19(12-8-17)25-20(16-5-9-18(23)10-6-16)15-24-13-4-14-26-21(24)25;/h5-12,15H,4,13-14H2,1-3H3;1H/q+1;. The molecule has 27 heavy (non-hydrogen) atoms. The number of hydrogen-bond donors (Lipinski definition) is 0. The van der Waals surface area contributed by atoms with E-state index >= 15 is 0 Å². The molecule has 5 heteroatoms. The molecule has 0 atom stereocenters. The van der Waals surface area contributed by atoms with Crippen molar-refractivity contribution in [3.8, 4) is 16.9 Å². The highest BCUT2D eigenvalue weighted by molar-refractivity contribution is 9.10. The third-order valence-electron chi connectivity index (χ3n) is 4.86. The first-order valence-corrected chi connectivity index (χ1v) is 10.9. The molecule has 0 amide bonds. The third kappa shape index (κ3) is 4.20. The van der Waals surface area contributed by atoms with E-state index in [1.54, 1.807) is 0 Å². The monoisotopic (exact) mass is 507 g/mol. The van der Waals surface area contributed by atoms with E-state index in [2.05, 4.69) is 101 Å². The Balaban J connectivity index is 0.00000210. The molecule has 2 heterocycles. The summed E-state index contributed by atoms with van der Waals surface area (Å²) in [5, 5.41) is 1.33. The van der Waals surface area contributed by atoms with Crippen molar-refractivity contribution in [2.45, 2.75) is 44.3 Å². The summed E-state index contributed by atoms with van der Waals surface area (Å²) in [4.78, 5) is 0. The summed E-state index contributed by atoms with van der Waals surface area (Å²) < 4.78 is 5.93. The van der Waals surface area contributed by atoms with Crippen molar-refractivity contribution in [3.63, 3.8) is 0 Å². The number of nitrogens with zero attached hydrogens (tertiary/aromatic N) is 2. The molecule has 1 aromatic heterocycles. The number of imidazole rings is 1. The minimum absolute atomic E-state index is 0. The zero-order valence-corrected chi connectivity index (χ0v) is 20.0. The Kier molecular flexibility index (Phi) is 6.24. The number of halogens is 2. The molecule has 0 bridgehead atoms. The molecule has 2 nitrogen and oxygen atoms in total. The van der Waals surface area contributed by atoms with Crippen LogP contribution in [0.1, 0.15) is 32.8 Å². The van der Waals surface area contributed by atoms with Gasteiger partial charge in [0, 0.05) is 15.8 Å². The van der Waals surface area contributed by atoms with Crippen LogP contribution in [0.2, 0.25) is 0 Å². The van der Waals surface area contributed by atoms with E-state index < -0.39 is 0 Å². The number of rotatable bonds is 2. The van der Waals surface area contributed by atoms with Crippen LogP contribution in [0.3, 0.4) is 0 Å². The van der Waals surface area contributed by atoms with E-state index in [0.29, 0.717) is 0 Å². The van der Waals surface area contributed by atoms with Crippen molar-refractivity contribution in [2.24, 2.45) is 0 Å². The predicted molar refractivity (Wildman–Crippen MR) is 123 cm³/mol. The zero-order valence-electron chi connectivity index (χ0n) is 15.9. The Hall–Kier alpha value is -1.04. The zero-order chi connectivity index (χ0) is 18.3. The first kappa shape index (κ1) is 20.7. The summed E-state index contributed by atoms with van der Waals surface area (Å²) in [5.74, 6) is 1.18. The highest BCUT2D eigenvalue weighted by Crippen LogP contribution is 2.32. The predicted octanol–water partition coefficient (Wildman–Crippen LogP) is 6.57. The van der Waals surface area contributed by atoms with Crippen LogP contribution in [-0.4, -0.2) is 10.3 Å². The fourth-order valence-corrected chi connectivity index (χ4v) is 4.75. The van der Waals surface area contributed by atoms with Crippen LogP contribution >= 0.6 is 44.7 Å². The molecule has 0 fully saturated rings. The summed E-state index contributed by atoms with van der Waals surface area (Å²) in [7, 11) is 0. The van der Waals surface area contributed by atoms with Crippen molar-refractivity contribution in [1.29, 1.82) is 0 Å². The van der Waals surface area contributed by atoms with Crippen molar-refractivity contribution in [1.82, 2.24) is 4.57 Å². The van der Waals surface area contributed by atoms with Crippen molar-refractivity contribution < 1.29 is 4.57 Å². The molecule has 0 spiro atoms. The van der Waals surface area contributed by atoms with Crippen LogP contribution in [0.5, 0.6) is 0 Å². The van der Waals surface area contributed by atoms with Crippen LogP contribution in [0.25, 0.3) is 16.9 Å². The molecule has 0 N–H and O–H groups in total. The molecule has 0 radical (unpaired) electrons. The highest BCUT2D eigenvalue weighted by Gasteiger charge is 2.29. The van der Waals surface area contributed by atoms with Gasteiger partial charge in [-0.05, 0) is 65.6 Å². The van der Waals surface area contributed by atoms with E-state index in [0.717, 1.165) is 11.0 Å². The van der Waals surface area contributed by atoms with E-state index in [4.69, 9.17) is 0 Å². The molecule has 0 saturated heterocycles. The van der Waals surface area contributed by atoms with Gasteiger partial charge < -0.3 is 0 Å². The number of hydrogen-bond acceptors (Lipinski definition) is 1. The van der Waals surface area contributed by atoms with E-state index in [1.165, 1.54) is 39.8 Å². The summed E-state index contributed by atoms with van der Waals surface area (Å²) in [6, 6.07) is 17.7. The molecule has 1 aliphatic rings. The van der Waals surface area contributed by atoms with Crippen molar-refractivity contribution in [3.05, 3.63) is 64.8 Å². The SMILES string of the molecule is Br.CC(C)(C)c1ccc(-n2c(-c3ccc(Br)cc3)c[n+]3c2SCCC3)cc1. The van der Waals surface area contributed by atoms with Gasteiger partial charge in [-0.2, -0.15) is 4.57 Å². The Labute approximate surface area is 184 Å². The maximum absolute atomic E-state index is 3.55. The average Bonchev–Trinajstić information content (AvgIpc) is 3.01. The normalized spacial score (nSPS) is 13.8. The lowest BCUT2D eigenvalue weighted by molar-refractivity contribution is -0.734. The van der Waals surface area contributed by atoms with Crippen molar-refractivity contribution in [2.75, 3.05) is 5.75 Å². The van der Waals surface area contributed by atoms with Gasteiger partial charge in [0.05, 0.1) is 6.54 Å². The lowest BCUT2D eigenvalue weighted by Gasteiger charge is -2.19. The molecule has 142 valence electrons. The number of thioether (sulfide) groups is 1. The van der Waals surface area contributed by atoms with Crippen LogP contribution in [0.15, 0.2) is 64.4 Å². The molecule has 3 aromatic rings. The van der Waals surface area contributed by atoms with Gasteiger partial charge in [0.2, 0.25) is 0 Å². The van der Waals surface area contributed by atoms with E-state index in [1.807, 2.05) is 11.8 Å². The lowest BCUT2D eigenvalue weighted by Crippen LogP contribution is -2.37. The largest absolute Gasteiger partial charge is 0.323 e. The van der Waals surface area contributed by atoms with Crippen LogP contribution < -0.4 is 4.57 Å². The van der Waals surface area contributed by atoms with Crippen LogP contribution in [-0.2, 0) is 12.0 Å². The van der Waals surface area contributed by atoms with Gasteiger partial charge in [-0.25, -0.2) is 4.57 Å². The van der Waals surface area contributed by atoms with Gasteiger partial charge in [-0.15, -0.1) is 17.0 Å². The number of aryl methyl sites for hydroxylation is 1. The van der Waals surface area contributed by atoms with E-state index in [-0.39, 0.29) is 22.4 Å². The summed E-state index contributed by atoms with van der Waals surface area (Å²) in [6.07, 6.45) is 3.54. The Morgan fingerprint density at radius 3 is 2.30 bits per heavy atom. The van der Waals surface area contributed by atoms with Gasteiger partial charge in [0.1, 0.15) is 11.9 Å². The second-order valence-corrected chi connectivity index (χ2v) is 9.81. The summed E-state index contributed by atoms with van der Waals surface area (Å²) in [6.45, 7) is 7.88. The smallest absolute Gasteiger partial charge is 0.224 e. The van der Waals surface area contributed by atoms with Gasteiger partial charge in [-0.3, -0.25) is 0 Å². The topological polar surface area (TPSA) is 8.81 Å². The Morgan fingerprint density at radius 2 is 1.67 bits per heavy atom. The molecule has 2 aromatic carbocycles. The maximum atomic E-state index is 3.55. The molecule has 0 unspecified atom stereocenters. The van der Waals surface area contributed by atoms with Gasteiger partial charge >= 0.3 is 5.16 Å². The molecular formula is C22H25Br2N2S+. The summed E-state index contributed by atoms with van der Waals surface area (Å²) >= 11 is 5.50. The van der Waals surface area contributed by atoms with Gasteiger partial charge in [0.15, 0.2) is 5.69 Å². The molecule has 0 aliphatic carbocycles. The molecular weight excluding hydrogens is 484 g/mol. The van der Waals surface area contributed by atoms with Gasteiger partial charge in [-0.1, -0.05) is 48.8 Å². The maximum Gasteiger partial charge on any atom is 0.323 e. The van der Waals surface area contributed by atoms with Gasteiger partial charge in [0.25, 0.3) is 0 Å². The fraction of sp³-hybridized carbons (Fsp3) is 0.318. The van der Waals surface area contributed by atoms with Crippen molar-refractivity contribution >= 4 is 44.7 Å². The molecule has 0 saturated carbocycles.